The van der Waals surface area contributed by atoms with E-state index in [4.69, 9.17) is 0 Å². The molecular weight excluding hydrogens is 285 g/mol. The van der Waals surface area contributed by atoms with Crippen molar-refractivity contribution < 1.29 is 14.0 Å². The van der Waals surface area contributed by atoms with Gasteiger partial charge in [-0.15, -0.1) is 0 Å². The van der Waals surface area contributed by atoms with Gasteiger partial charge in [-0.3, -0.25) is 9.59 Å². The maximum atomic E-state index is 13.2. The number of aryl methyl sites for hydroxylation is 1. The molecular formula is C16H22FN3O2. The van der Waals surface area contributed by atoms with E-state index in [0.717, 1.165) is 12.8 Å². The molecule has 0 bridgehead atoms. The maximum Gasteiger partial charge on any atom is 0.244 e. The third-order valence-electron chi connectivity index (χ3n) is 3.61. The van der Waals surface area contributed by atoms with Crippen LogP contribution >= 0.6 is 0 Å². The molecule has 5 nitrogen and oxygen atoms in total. The van der Waals surface area contributed by atoms with Crippen molar-refractivity contribution in [2.75, 3.05) is 18.9 Å². The van der Waals surface area contributed by atoms with Crippen molar-refractivity contribution in [2.24, 2.45) is 0 Å². The van der Waals surface area contributed by atoms with Crippen LogP contribution < -0.4 is 10.6 Å². The number of nitrogens with one attached hydrogen (secondary N) is 2. The van der Waals surface area contributed by atoms with Crippen LogP contribution in [0.1, 0.15) is 25.3 Å². The molecule has 0 saturated heterocycles. The van der Waals surface area contributed by atoms with Gasteiger partial charge in [-0.25, -0.2) is 4.39 Å². The number of hydrogen-bond acceptors (Lipinski definition) is 3. The van der Waals surface area contributed by atoms with E-state index in [1.54, 1.807) is 33.0 Å². The number of nitrogens with zero attached hydrogens (tertiary/aromatic N) is 1. The van der Waals surface area contributed by atoms with Gasteiger partial charge in [-0.05, 0) is 50.5 Å². The van der Waals surface area contributed by atoms with Crippen LogP contribution in [0.2, 0.25) is 0 Å². The maximum absolute atomic E-state index is 13.2. The number of carbonyl (C=O) groups is 2. The lowest BCUT2D eigenvalue weighted by Crippen LogP contribution is -2.44. The second kappa shape index (κ2) is 6.77. The third-order valence-corrected chi connectivity index (χ3v) is 3.61. The van der Waals surface area contributed by atoms with E-state index in [-0.39, 0.29) is 30.2 Å². The summed E-state index contributed by atoms with van der Waals surface area (Å²) in [6, 6.07) is 4.39. The van der Waals surface area contributed by atoms with Crippen LogP contribution in [0, 0.1) is 12.7 Å². The van der Waals surface area contributed by atoms with Crippen molar-refractivity contribution in [2.45, 2.75) is 38.8 Å². The molecule has 1 saturated carbocycles. The number of benzene rings is 1. The molecule has 2 amide bonds. The summed E-state index contributed by atoms with van der Waals surface area (Å²) in [6.45, 7) is 3.43. The number of anilines is 1. The zero-order valence-corrected chi connectivity index (χ0v) is 13.1. The van der Waals surface area contributed by atoms with Gasteiger partial charge in [0.05, 0.1) is 6.54 Å². The number of hydrogen-bond donors (Lipinski definition) is 2. The summed E-state index contributed by atoms with van der Waals surface area (Å²) in [7, 11) is 1.60. The number of carbonyl (C=O) groups excluding carboxylic acids is 2. The van der Waals surface area contributed by atoms with Gasteiger partial charge in [0.15, 0.2) is 0 Å². The summed E-state index contributed by atoms with van der Waals surface area (Å²) in [5.41, 5.74) is 1.19. The first-order chi connectivity index (χ1) is 10.4. The molecule has 0 spiro atoms. The highest BCUT2D eigenvalue weighted by atomic mass is 19.1. The first-order valence-electron chi connectivity index (χ1n) is 7.44. The summed E-state index contributed by atoms with van der Waals surface area (Å²) < 4.78 is 13.2. The lowest BCUT2D eigenvalue weighted by atomic mass is 10.2. The smallest absolute Gasteiger partial charge is 0.244 e. The average Bonchev–Trinajstić information content (AvgIpc) is 3.25. The molecule has 6 heteroatoms. The standard InChI is InChI=1S/C16H22FN3O2/c1-10-8-13(6-7-14(10)17)18-11(2)16(22)20(3)9-15(21)19-12-4-5-12/h6-8,11-12,18H,4-5,9H2,1-3H3,(H,19,21)/t11-/m0/s1. The average molecular weight is 307 g/mol. The number of halogens is 1. The molecule has 1 aliphatic rings. The Morgan fingerprint density at radius 2 is 2.09 bits per heavy atom. The Labute approximate surface area is 129 Å². The highest BCUT2D eigenvalue weighted by molar-refractivity contribution is 5.88. The van der Waals surface area contributed by atoms with Crippen molar-refractivity contribution in [3.63, 3.8) is 0 Å². The minimum atomic E-state index is -0.497. The Hall–Kier alpha value is -2.11. The molecule has 0 heterocycles. The van der Waals surface area contributed by atoms with E-state index < -0.39 is 6.04 Å². The molecule has 0 aromatic heterocycles. The van der Waals surface area contributed by atoms with E-state index in [0.29, 0.717) is 11.3 Å². The summed E-state index contributed by atoms with van der Waals surface area (Å²) in [5.74, 6) is -0.602. The zero-order chi connectivity index (χ0) is 16.3. The fraction of sp³-hybridized carbons (Fsp3) is 0.500. The largest absolute Gasteiger partial charge is 0.374 e. The molecule has 2 rings (SSSR count). The predicted molar refractivity (Wildman–Crippen MR) is 83.0 cm³/mol. The fourth-order valence-electron chi connectivity index (χ4n) is 2.17. The van der Waals surface area contributed by atoms with Gasteiger partial charge in [0.25, 0.3) is 0 Å². The van der Waals surface area contributed by atoms with E-state index in [2.05, 4.69) is 10.6 Å². The van der Waals surface area contributed by atoms with Crippen LogP contribution in [-0.2, 0) is 9.59 Å². The summed E-state index contributed by atoms with van der Waals surface area (Å²) in [6.07, 6.45) is 2.04. The van der Waals surface area contributed by atoms with Crippen LogP contribution in [0.15, 0.2) is 18.2 Å². The van der Waals surface area contributed by atoms with E-state index in [1.165, 1.54) is 11.0 Å². The molecule has 1 aromatic rings. The lowest BCUT2D eigenvalue weighted by Gasteiger charge is -2.22. The van der Waals surface area contributed by atoms with Gasteiger partial charge in [-0.2, -0.15) is 0 Å². The van der Waals surface area contributed by atoms with Gasteiger partial charge in [-0.1, -0.05) is 0 Å². The van der Waals surface area contributed by atoms with Crippen LogP contribution in [0.3, 0.4) is 0 Å². The van der Waals surface area contributed by atoms with E-state index in [1.807, 2.05) is 0 Å². The molecule has 22 heavy (non-hydrogen) atoms. The molecule has 0 aliphatic heterocycles. The molecule has 0 radical (unpaired) electrons. The van der Waals surface area contributed by atoms with Gasteiger partial charge >= 0.3 is 0 Å². The highest BCUT2D eigenvalue weighted by Crippen LogP contribution is 2.18. The predicted octanol–water partition coefficient (Wildman–Crippen LogP) is 1.67. The topological polar surface area (TPSA) is 61.4 Å². The van der Waals surface area contributed by atoms with Gasteiger partial charge in [0.2, 0.25) is 11.8 Å². The molecule has 2 N–H and O–H groups in total. The summed E-state index contributed by atoms with van der Waals surface area (Å²) in [4.78, 5) is 25.3. The number of likely N-dealkylation sites (N-methyl/N-ethyl adjacent to an activating group) is 1. The summed E-state index contributed by atoms with van der Waals surface area (Å²) in [5, 5.41) is 5.87. The first-order valence-corrected chi connectivity index (χ1v) is 7.44. The second-order valence-corrected chi connectivity index (χ2v) is 5.87. The molecule has 1 aliphatic carbocycles. The van der Waals surface area contributed by atoms with Gasteiger partial charge in [0, 0.05) is 18.8 Å². The molecule has 1 atom stereocenters. The molecule has 1 fully saturated rings. The van der Waals surface area contributed by atoms with E-state index >= 15 is 0 Å². The fourth-order valence-corrected chi connectivity index (χ4v) is 2.17. The van der Waals surface area contributed by atoms with Crippen molar-refractivity contribution in [3.05, 3.63) is 29.6 Å². The summed E-state index contributed by atoms with van der Waals surface area (Å²) >= 11 is 0. The first kappa shape index (κ1) is 16.3. The zero-order valence-electron chi connectivity index (χ0n) is 13.1. The van der Waals surface area contributed by atoms with Crippen molar-refractivity contribution in [1.82, 2.24) is 10.2 Å². The van der Waals surface area contributed by atoms with Gasteiger partial charge < -0.3 is 15.5 Å². The highest BCUT2D eigenvalue weighted by Gasteiger charge is 2.25. The monoisotopic (exact) mass is 307 g/mol. The molecule has 1 aromatic carbocycles. The van der Waals surface area contributed by atoms with Crippen LogP contribution in [0.5, 0.6) is 0 Å². The van der Waals surface area contributed by atoms with Crippen molar-refractivity contribution in [3.8, 4) is 0 Å². The van der Waals surface area contributed by atoms with Gasteiger partial charge in [0.1, 0.15) is 11.9 Å². The van der Waals surface area contributed by atoms with Crippen molar-refractivity contribution in [1.29, 1.82) is 0 Å². The molecule has 120 valence electrons. The van der Waals surface area contributed by atoms with Crippen LogP contribution in [-0.4, -0.2) is 42.4 Å². The minimum absolute atomic E-state index is 0.0454. The Balaban J connectivity index is 1.86. The Kier molecular flexibility index (Phi) is 5.00. The second-order valence-electron chi connectivity index (χ2n) is 5.87. The van der Waals surface area contributed by atoms with Crippen LogP contribution in [0.4, 0.5) is 10.1 Å². The van der Waals surface area contributed by atoms with Crippen LogP contribution in [0.25, 0.3) is 0 Å². The quantitative estimate of drug-likeness (QED) is 0.840. The Morgan fingerprint density at radius 1 is 1.41 bits per heavy atom. The normalized spacial score (nSPS) is 15.1. The molecule has 0 unspecified atom stereocenters. The SMILES string of the molecule is Cc1cc(N[C@@H](C)C(=O)N(C)CC(=O)NC2CC2)ccc1F. The number of rotatable bonds is 6. The Morgan fingerprint density at radius 3 is 2.68 bits per heavy atom. The minimum Gasteiger partial charge on any atom is -0.374 e. The van der Waals surface area contributed by atoms with Crippen molar-refractivity contribution >= 4 is 17.5 Å². The number of amides is 2. The Bertz CT molecular complexity index is 573. The third kappa shape index (κ3) is 4.44. The lowest BCUT2D eigenvalue weighted by molar-refractivity contribution is -0.135. The van der Waals surface area contributed by atoms with E-state index in [9.17, 15) is 14.0 Å².